The van der Waals surface area contributed by atoms with E-state index >= 15 is 0 Å². The molecule has 2 rings (SSSR count). The van der Waals surface area contributed by atoms with E-state index in [0.29, 0.717) is 12.1 Å². The number of allylic oxidation sites excluding steroid dienone is 6. The Morgan fingerprint density at radius 1 is 0.974 bits per heavy atom. The zero-order valence-electron chi connectivity index (χ0n) is 23.3. The molecule has 212 valence electrons. The molecule has 1 heterocycles. The highest BCUT2D eigenvalue weighted by Gasteiger charge is 2.23. The number of amides is 1. The first-order valence-electron chi connectivity index (χ1n) is 13.1. The third-order valence-corrected chi connectivity index (χ3v) is 7.80. The summed E-state index contributed by atoms with van der Waals surface area (Å²) in [5, 5.41) is 20.0. The number of carboxylic acid groups (broad SMARTS) is 1. The van der Waals surface area contributed by atoms with Crippen LogP contribution in [0.3, 0.4) is 0 Å². The van der Waals surface area contributed by atoms with E-state index in [9.17, 15) is 23.1 Å². The third kappa shape index (κ3) is 12.2. The second kappa shape index (κ2) is 15.8. The molecule has 1 aromatic heterocycles. The molecule has 9 nitrogen and oxygen atoms in total. The van der Waals surface area contributed by atoms with Crippen molar-refractivity contribution in [2.24, 2.45) is 0 Å². The Labute approximate surface area is 231 Å². The summed E-state index contributed by atoms with van der Waals surface area (Å²) < 4.78 is 26.1. The fourth-order valence-corrected chi connectivity index (χ4v) is 5.01. The van der Waals surface area contributed by atoms with Crippen molar-refractivity contribution in [2.75, 3.05) is 5.75 Å². The Kier molecular flexibility index (Phi) is 12.8. The molecule has 0 aliphatic carbocycles. The van der Waals surface area contributed by atoms with Gasteiger partial charge >= 0.3 is 5.97 Å². The molecular weight excluding hydrogens is 516 g/mol. The lowest BCUT2D eigenvalue weighted by Gasteiger charge is -2.14. The van der Waals surface area contributed by atoms with Gasteiger partial charge in [0.05, 0.1) is 22.9 Å². The third-order valence-electron chi connectivity index (χ3n) is 6.07. The summed E-state index contributed by atoms with van der Waals surface area (Å²) in [6.07, 6.45) is 12.5. The van der Waals surface area contributed by atoms with Crippen molar-refractivity contribution >= 4 is 21.7 Å². The monoisotopic (exact) mass is 556 g/mol. The number of carbonyl (C=O) groups excluding carboxylic acids is 1. The standard InChI is InChI=1S/C29H40N4O5S/c1-22(2)10-8-11-23(3)12-9-13-24(4)16-17-25-20-33(32-31-25)21-27(29(35)36)30-28(34)18-19-39(37,38)26-14-6-5-7-15-26/h5-7,10,12,14-16,20,27H,8-9,11,13,17-19,21H2,1-4H3,(H,30,34)(H,35,36)/b23-12+,24-16+/t27-/m0/s1. The van der Waals surface area contributed by atoms with Crippen molar-refractivity contribution in [1.82, 2.24) is 20.3 Å². The number of nitrogens with one attached hydrogen (secondary N) is 1. The summed E-state index contributed by atoms with van der Waals surface area (Å²) in [7, 11) is -3.64. The van der Waals surface area contributed by atoms with E-state index in [4.69, 9.17) is 0 Å². The number of hydrogen-bond acceptors (Lipinski definition) is 6. The number of hydrogen-bond donors (Lipinski definition) is 2. The lowest BCUT2D eigenvalue weighted by molar-refractivity contribution is -0.142. The number of nitrogens with zero attached hydrogens (tertiary/aromatic N) is 3. The van der Waals surface area contributed by atoms with Crippen LogP contribution in [0.4, 0.5) is 0 Å². The van der Waals surface area contributed by atoms with Crippen molar-refractivity contribution < 1.29 is 23.1 Å². The van der Waals surface area contributed by atoms with E-state index in [2.05, 4.69) is 61.6 Å². The van der Waals surface area contributed by atoms with Gasteiger partial charge in [-0.25, -0.2) is 17.9 Å². The molecule has 2 N–H and O–H groups in total. The van der Waals surface area contributed by atoms with E-state index in [-0.39, 0.29) is 17.9 Å². The second-order valence-electron chi connectivity index (χ2n) is 9.94. The van der Waals surface area contributed by atoms with Gasteiger partial charge in [-0.05, 0) is 65.5 Å². The van der Waals surface area contributed by atoms with Crippen LogP contribution in [-0.2, 0) is 32.4 Å². The molecule has 0 spiro atoms. The lowest BCUT2D eigenvalue weighted by atomic mass is 10.1. The molecular formula is C29H40N4O5S. The number of benzene rings is 1. The smallest absolute Gasteiger partial charge is 0.328 e. The number of aromatic nitrogens is 3. The first kappa shape index (κ1) is 31.7. The fraction of sp³-hybridized carbons (Fsp3) is 0.448. The first-order chi connectivity index (χ1) is 18.5. The van der Waals surface area contributed by atoms with Crippen LogP contribution in [0, 0.1) is 0 Å². The molecule has 0 unspecified atom stereocenters. The number of sulfone groups is 1. The van der Waals surface area contributed by atoms with Gasteiger partial charge in [-0.1, -0.05) is 58.4 Å². The van der Waals surface area contributed by atoms with Gasteiger partial charge in [0.2, 0.25) is 5.91 Å². The molecule has 0 aliphatic heterocycles. The Morgan fingerprint density at radius 3 is 2.26 bits per heavy atom. The molecule has 1 atom stereocenters. The summed E-state index contributed by atoms with van der Waals surface area (Å²) in [4.78, 5) is 24.1. The maximum absolute atomic E-state index is 12.4. The minimum atomic E-state index is -3.64. The largest absolute Gasteiger partial charge is 0.480 e. The van der Waals surface area contributed by atoms with Crippen LogP contribution in [-0.4, -0.2) is 52.2 Å². The average molecular weight is 557 g/mol. The van der Waals surface area contributed by atoms with E-state index < -0.39 is 33.5 Å². The van der Waals surface area contributed by atoms with Crippen molar-refractivity contribution in [1.29, 1.82) is 0 Å². The summed E-state index contributed by atoms with van der Waals surface area (Å²) in [6, 6.07) is 6.55. The average Bonchev–Trinajstić information content (AvgIpc) is 3.33. The summed E-state index contributed by atoms with van der Waals surface area (Å²) in [5.74, 6) is -2.33. The van der Waals surface area contributed by atoms with Crippen LogP contribution < -0.4 is 5.32 Å². The van der Waals surface area contributed by atoms with Crippen molar-refractivity contribution in [3.8, 4) is 0 Å². The topological polar surface area (TPSA) is 131 Å². The number of rotatable bonds is 16. The molecule has 1 aromatic carbocycles. The summed E-state index contributed by atoms with van der Waals surface area (Å²) in [5.41, 5.74) is 4.65. The van der Waals surface area contributed by atoms with Crippen LogP contribution in [0.1, 0.15) is 65.5 Å². The molecule has 10 heteroatoms. The van der Waals surface area contributed by atoms with Crippen LogP contribution >= 0.6 is 0 Å². The second-order valence-corrected chi connectivity index (χ2v) is 12.0. The molecule has 0 fully saturated rings. The Hall–Kier alpha value is -3.53. The molecule has 0 saturated carbocycles. The van der Waals surface area contributed by atoms with Gasteiger partial charge in [0.15, 0.2) is 9.84 Å². The Morgan fingerprint density at radius 2 is 1.62 bits per heavy atom. The molecule has 0 bridgehead atoms. The van der Waals surface area contributed by atoms with Gasteiger partial charge in [-0.15, -0.1) is 5.10 Å². The number of carbonyl (C=O) groups is 2. The van der Waals surface area contributed by atoms with Crippen LogP contribution in [0.15, 0.2) is 76.4 Å². The van der Waals surface area contributed by atoms with Crippen molar-refractivity contribution in [2.45, 2.75) is 83.7 Å². The van der Waals surface area contributed by atoms with Gasteiger partial charge in [0, 0.05) is 19.0 Å². The quantitative estimate of drug-likeness (QED) is 0.287. The summed E-state index contributed by atoms with van der Waals surface area (Å²) in [6.45, 7) is 8.33. The van der Waals surface area contributed by atoms with Crippen molar-refractivity contribution in [3.63, 3.8) is 0 Å². The molecule has 0 radical (unpaired) electrons. The minimum absolute atomic E-state index is 0.119. The SMILES string of the molecule is CC(C)=CCC/C(C)=C/CC/C(C)=C/Cc1cn(C[C@H](NC(=O)CCS(=O)(=O)c2ccccc2)C(=O)O)nn1. The normalized spacial score (nSPS) is 13.1. The van der Waals surface area contributed by atoms with Gasteiger partial charge in [0.25, 0.3) is 0 Å². The zero-order chi connectivity index (χ0) is 28.8. The number of aliphatic carboxylic acids is 1. The highest BCUT2D eigenvalue weighted by molar-refractivity contribution is 7.91. The molecule has 39 heavy (non-hydrogen) atoms. The molecule has 1 amide bonds. The maximum Gasteiger partial charge on any atom is 0.328 e. The Balaban J connectivity index is 1.83. The molecule has 0 saturated heterocycles. The van der Waals surface area contributed by atoms with Crippen LogP contribution in [0.5, 0.6) is 0 Å². The van der Waals surface area contributed by atoms with Crippen LogP contribution in [0.25, 0.3) is 0 Å². The molecule has 2 aromatic rings. The zero-order valence-corrected chi connectivity index (χ0v) is 24.1. The highest BCUT2D eigenvalue weighted by atomic mass is 32.2. The fourth-order valence-electron chi connectivity index (χ4n) is 3.75. The summed E-state index contributed by atoms with van der Waals surface area (Å²) >= 11 is 0. The van der Waals surface area contributed by atoms with E-state index in [0.717, 1.165) is 25.7 Å². The maximum atomic E-state index is 12.4. The van der Waals surface area contributed by atoms with E-state index in [1.165, 1.54) is 33.5 Å². The minimum Gasteiger partial charge on any atom is -0.480 e. The Bertz CT molecular complexity index is 1290. The van der Waals surface area contributed by atoms with Crippen molar-refractivity contribution in [3.05, 3.63) is 77.2 Å². The number of carboxylic acids is 1. The van der Waals surface area contributed by atoms with Gasteiger partial charge in [0.1, 0.15) is 6.04 Å². The predicted octanol–water partition coefficient (Wildman–Crippen LogP) is 4.67. The first-order valence-corrected chi connectivity index (χ1v) is 14.7. The van der Waals surface area contributed by atoms with Gasteiger partial charge in [-0.2, -0.15) is 0 Å². The lowest BCUT2D eigenvalue weighted by Crippen LogP contribution is -2.44. The predicted molar refractivity (Wildman–Crippen MR) is 152 cm³/mol. The van der Waals surface area contributed by atoms with Gasteiger partial charge in [-0.3, -0.25) is 4.79 Å². The van der Waals surface area contributed by atoms with E-state index in [1.807, 2.05) is 0 Å². The van der Waals surface area contributed by atoms with Crippen LogP contribution in [0.2, 0.25) is 0 Å². The highest BCUT2D eigenvalue weighted by Crippen LogP contribution is 2.13. The van der Waals surface area contributed by atoms with E-state index in [1.54, 1.807) is 24.4 Å². The molecule has 0 aliphatic rings. The van der Waals surface area contributed by atoms with Gasteiger partial charge < -0.3 is 10.4 Å².